The predicted octanol–water partition coefficient (Wildman–Crippen LogP) is 4.50. The molecule has 11 nitrogen and oxygen atoms in total. The number of urea groups is 1. The summed E-state index contributed by atoms with van der Waals surface area (Å²) in [5, 5.41) is 9.99. The molecular weight excluding hydrogens is 671 g/mol. The van der Waals surface area contributed by atoms with Gasteiger partial charge in [0.05, 0.1) is 22.0 Å². The Balaban J connectivity index is 1.12. The van der Waals surface area contributed by atoms with Gasteiger partial charge in [-0.3, -0.25) is 9.69 Å². The third-order valence-electron chi connectivity index (χ3n) is 9.91. The highest BCUT2D eigenvalue weighted by Gasteiger charge is 2.38. The van der Waals surface area contributed by atoms with Crippen molar-refractivity contribution in [2.24, 2.45) is 0 Å². The van der Waals surface area contributed by atoms with Crippen LogP contribution in [0.15, 0.2) is 22.9 Å². The average Bonchev–Trinajstić information content (AvgIpc) is 3.45. The van der Waals surface area contributed by atoms with E-state index in [1.807, 2.05) is 15.7 Å². The van der Waals surface area contributed by atoms with E-state index in [0.717, 1.165) is 62.8 Å². The van der Waals surface area contributed by atoms with Crippen molar-refractivity contribution in [3.63, 3.8) is 0 Å². The van der Waals surface area contributed by atoms with E-state index in [4.69, 9.17) is 22.1 Å². The number of amides is 4. The molecule has 0 bridgehead atoms. The summed E-state index contributed by atoms with van der Waals surface area (Å²) in [6, 6.07) is 2.24. The topological polar surface area (TPSA) is 123 Å². The smallest absolute Gasteiger partial charge is 0.418 e. The average molecular weight is 712 g/mol. The van der Waals surface area contributed by atoms with Gasteiger partial charge in [-0.05, 0) is 60.7 Å². The van der Waals surface area contributed by atoms with E-state index in [0.29, 0.717) is 51.6 Å². The van der Waals surface area contributed by atoms with Crippen molar-refractivity contribution in [1.82, 2.24) is 24.9 Å². The monoisotopic (exact) mass is 711 g/mol. The molecule has 0 unspecified atom stereocenters. The molecule has 4 aliphatic rings. The first kappa shape index (κ1) is 34.6. The van der Waals surface area contributed by atoms with Crippen LogP contribution in [-0.2, 0) is 28.5 Å². The lowest BCUT2D eigenvalue weighted by atomic mass is 9.99. The number of nitrogens with one attached hydrogen (secondary N) is 2. The minimum Gasteiger partial charge on any atom is -0.436 e. The number of fused-ring (bicyclic) bond motifs is 1. The van der Waals surface area contributed by atoms with E-state index in [2.05, 4.69) is 15.5 Å². The maximum Gasteiger partial charge on any atom is 0.418 e. The molecule has 2 aromatic rings. The maximum absolute atomic E-state index is 13.9. The Morgan fingerprint density at radius 2 is 1.65 bits per heavy atom. The second-order valence-electron chi connectivity index (χ2n) is 12.9. The number of carbonyl (C=O) groups is 3. The number of carbonyl (C=O) groups excluding carboxylic acids is 3. The number of piperazine rings is 1. The summed E-state index contributed by atoms with van der Waals surface area (Å²) in [5.74, 6) is -0.452. The van der Waals surface area contributed by atoms with E-state index in [-0.39, 0.29) is 29.1 Å². The van der Waals surface area contributed by atoms with Crippen LogP contribution in [0.1, 0.15) is 42.4 Å². The molecule has 0 aliphatic carbocycles. The van der Waals surface area contributed by atoms with Crippen molar-refractivity contribution >= 4 is 52.3 Å². The fraction of sp³-hybridized carbons (Fsp3) is 0.594. The van der Waals surface area contributed by atoms with E-state index in [9.17, 15) is 27.6 Å². The van der Waals surface area contributed by atoms with Gasteiger partial charge in [-0.2, -0.15) is 13.2 Å². The number of anilines is 2. The van der Waals surface area contributed by atoms with Crippen molar-refractivity contribution in [1.29, 1.82) is 0 Å². The molecule has 48 heavy (non-hydrogen) atoms. The molecule has 5 heterocycles. The summed E-state index contributed by atoms with van der Waals surface area (Å²) in [7, 11) is 0. The fourth-order valence-electron chi connectivity index (χ4n) is 7.18. The van der Waals surface area contributed by atoms with Gasteiger partial charge in [-0.15, -0.1) is 11.3 Å². The lowest BCUT2D eigenvalue weighted by molar-refractivity contribution is -0.142. The minimum absolute atomic E-state index is 0.0751. The number of alkyl halides is 3. The fourth-order valence-corrected chi connectivity index (χ4v) is 8.25. The molecule has 262 valence electrons. The lowest BCUT2D eigenvalue weighted by Gasteiger charge is -2.41. The second-order valence-corrected chi connectivity index (χ2v) is 14.0. The van der Waals surface area contributed by atoms with Gasteiger partial charge < -0.3 is 35.8 Å². The van der Waals surface area contributed by atoms with Crippen LogP contribution in [-0.4, -0.2) is 115 Å². The number of hydrogen-bond acceptors (Lipinski definition) is 8. The molecule has 4 aliphatic heterocycles. The summed E-state index contributed by atoms with van der Waals surface area (Å²) in [4.78, 5) is 47.7. The number of thiophene rings is 1. The van der Waals surface area contributed by atoms with Gasteiger partial charge in [-0.1, -0.05) is 11.6 Å². The molecule has 1 atom stereocenters. The van der Waals surface area contributed by atoms with Gasteiger partial charge in [0.15, 0.2) is 6.10 Å². The molecule has 6 rings (SSSR count). The minimum atomic E-state index is -4.76. The number of nitrogens with zero attached hydrogens (tertiary/aromatic N) is 4. The van der Waals surface area contributed by atoms with Crippen LogP contribution in [0.25, 0.3) is 0 Å². The van der Waals surface area contributed by atoms with Gasteiger partial charge in [-0.25, -0.2) is 9.59 Å². The third-order valence-corrected chi connectivity index (χ3v) is 11.0. The zero-order valence-corrected chi connectivity index (χ0v) is 28.1. The standard InChI is InChI=1S/C32H41ClF3N7O4S/c33-25-16-20(15-24(28(25)37)32(34,35)36)17-27(29(44)41-8-2-22(3-9-41)40-13-6-38-7-14-40)47-31(46)42-10-4-23(5-11-42)43-12-1-21-18-48-19-26(21)39-30(43)45/h15-16,18-19,22-23,27,38H,1-14,17,37H2,(H,39,45)/t27-/m1/s1. The number of nitrogens with two attached hydrogens (primary N) is 1. The van der Waals surface area contributed by atoms with E-state index in [1.54, 1.807) is 16.2 Å². The lowest BCUT2D eigenvalue weighted by Crippen LogP contribution is -2.54. The van der Waals surface area contributed by atoms with Crippen LogP contribution in [0.5, 0.6) is 0 Å². The SMILES string of the molecule is Nc1c(Cl)cc(C[C@@H](OC(=O)N2CCC(N3CCc4cscc4NC3=O)CC2)C(=O)N2CCC(N3CCNCC3)CC2)cc1C(F)(F)F. The predicted molar refractivity (Wildman–Crippen MR) is 177 cm³/mol. The molecule has 0 spiro atoms. The van der Waals surface area contributed by atoms with Crippen molar-refractivity contribution in [3.05, 3.63) is 44.6 Å². The molecule has 3 saturated heterocycles. The number of nitrogen functional groups attached to an aromatic ring is 1. The first-order valence-corrected chi connectivity index (χ1v) is 17.8. The Hall–Kier alpha value is -3.27. The summed E-state index contributed by atoms with van der Waals surface area (Å²) in [6.45, 7) is 5.78. The van der Waals surface area contributed by atoms with E-state index >= 15 is 0 Å². The van der Waals surface area contributed by atoms with E-state index < -0.39 is 35.5 Å². The molecule has 4 N–H and O–H groups in total. The zero-order chi connectivity index (χ0) is 34.0. The zero-order valence-electron chi connectivity index (χ0n) is 26.6. The summed E-state index contributed by atoms with van der Waals surface area (Å²) in [6.07, 6.45) is -3.84. The number of ether oxygens (including phenoxy) is 1. The normalized spacial score (nSPS) is 21.0. The van der Waals surface area contributed by atoms with Crippen molar-refractivity contribution in [2.45, 2.75) is 62.9 Å². The van der Waals surface area contributed by atoms with Crippen LogP contribution in [0.2, 0.25) is 5.02 Å². The summed E-state index contributed by atoms with van der Waals surface area (Å²) in [5.41, 5.74) is 5.96. The Bertz CT molecular complexity index is 1490. The highest BCUT2D eigenvalue weighted by atomic mass is 35.5. The summed E-state index contributed by atoms with van der Waals surface area (Å²) < 4.78 is 47.1. The number of hydrogen-bond donors (Lipinski definition) is 3. The molecule has 0 saturated carbocycles. The van der Waals surface area contributed by atoms with Crippen LogP contribution in [0, 0.1) is 0 Å². The Morgan fingerprint density at radius 3 is 2.33 bits per heavy atom. The second kappa shape index (κ2) is 14.7. The largest absolute Gasteiger partial charge is 0.436 e. The molecule has 1 aromatic carbocycles. The van der Waals surface area contributed by atoms with Gasteiger partial charge in [0.25, 0.3) is 5.91 Å². The Labute approximate surface area is 286 Å². The van der Waals surface area contributed by atoms with Gasteiger partial charge in [0.2, 0.25) is 0 Å². The van der Waals surface area contributed by atoms with Gasteiger partial charge >= 0.3 is 18.3 Å². The highest BCUT2D eigenvalue weighted by Crippen LogP contribution is 2.38. The van der Waals surface area contributed by atoms with Crippen LogP contribution >= 0.6 is 22.9 Å². The molecule has 0 radical (unpaired) electrons. The van der Waals surface area contributed by atoms with Crippen molar-refractivity contribution in [2.75, 3.05) is 70.0 Å². The Morgan fingerprint density at radius 1 is 0.979 bits per heavy atom. The van der Waals surface area contributed by atoms with Crippen molar-refractivity contribution < 1.29 is 32.3 Å². The van der Waals surface area contributed by atoms with Gasteiger partial charge in [0.1, 0.15) is 0 Å². The van der Waals surface area contributed by atoms with Gasteiger partial charge in [0, 0.05) is 82.8 Å². The summed E-state index contributed by atoms with van der Waals surface area (Å²) >= 11 is 7.64. The Kier molecular flexibility index (Phi) is 10.6. The van der Waals surface area contributed by atoms with Crippen LogP contribution in [0.3, 0.4) is 0 Å². The molecule has 3 fully saturated rings. The van der Waals surface area contributed by atoms with Crippen LogP contribution in [0.4, 0.5) is 34.1 Å². The molecular formula is C32H41ClF3N7O4S. The molecule has 1 aromatic heterocycles. The number of piperidine rings is 2. The number of rotatable bonds is 6. The quantitative estimate of drug-likeness (QED) is 0.377. The first-order valence-electron chi connectivity index (χ1n) is 16.4. The highest BCUT2D eigenvalue weighted by molar-refractivity contribution is 7.08. The number of halogens is 4. The van der Waals surface area contributed by atoms with Crippen molar-refractivity contribution in [3.8, 4) is 0 Å². The number of likely N-dealkylation sites (tertiary alicyclic amines) is 2. The molecule has 4 amide bonds. The number of benzene rings is 1. The van der Waals surface area contributed by atoms with Crippen LogP contribution < -0.4 is 16.4 Å². The molecule has 16 heteroatoms. The van der Waals surface area contributed by atoms with E-state index in [1.165, 1.54) is 11.0 Å². The first-order chi connectivity index (χ1) is 23.0. The maximum atomic E-state index is 13.9. The third kappa shape index (κ3) is 7.79.